The fraction of sp³-hybridized carbons (Fsp3) is 0.600. The molecule has 1 aliphatic rings. The predicted octanol–water partition coefficient (Wildman–Crippen LogP) is 1.85. The van der Waals surface area contributed by atoms with Crippen LogP contribution in [0.2, 0.25) is 0 Å². The van der Waals surface area contributed by atoms with Crippen LogP contribution in [-0.2, 0) is 4.79 Å². The van der Waals surface area contributed by atoms with Gasteiger partial charge in [-0.2, -0.15) is 0 Å². The van der Waals surface area contributed by atoms with Gasteiger partial charge in [0.05, 0.1) is 5.92 Å². The van der Waals surface area contributed by atoms with Gasteiger partial charge in [-0.05, 0) is 43.5 Å². The van der Waals surface area contributed by atoms with Crippen molar-refractivity contribution in [2.45, 2.75) is 32.6 Å². The quantitative estimate of drug-likeness (QED) is 0.742. The van der Waals surface area contributed by atoms with Crippen molar-refractivity contribution in [3.63, 3.8) is 0 Å². The highest BCUT2D eigenvalue weighted by molar-refractivity contribution is 5.95. The molecule has 1 aliphatic heterocycles. The second-order valence-corrected chi connectivity index (χ2v) is 6.99. The molecule has 144 valence electrons. The van der Waals surface area contributed by atoms with E-state index in [1.165, 1.54) is 0 Å². The van der Waals surface area contributed by atoms with Gasteiger partial charge in [0.15, 0.2) is 0 Å². The summed E-state index contributed by atoms with van der Waals surface area (Å²) in [5.41, 5.74) is 7.23. The van der Waals surface area contributed by atoms with Crippen LogP contribution >= 0.6 is 0 Å². The van der Waals surface area contributed by atoms with E-state index in [-0.39, 0.29) is 17.7 Å². The number of nitrogens with two attached hydrogens (primary N) is 1. The number of nitrogens with zero attached hydrogens (tertiary/aromatic N) is 2. The minimum Gasteiger partial charge on any atom is -0.375 e. The summed E-state index contributed by atoms with van der Waals surface area (Å²) < 4.78 is 0. The Labute approximate surface area is 156 Å². The lowest BCUT2D eigenvalue weighted by Crippen LogP contribution is -2.46. The Balaban J connectivity index is 1.96. The van der Waals surface area contributed by atoms with Crippen LogP contribution in [0.4, 0.5) is 5.69 Å². The van der Waals surface area contributed by atoms with Crippen molar-refractivity contribution in [2.75, 3.05) is 44.7 Å². The van der Waals surface area contributed by atoms with E-state index in [2.05, 4.69) is 24.2 Å². The minimum absolute atomic E-state index is 0.000784. The van der Waals surface area contributed by atoms with E-state index in [1.54, 1.807) is 4.90 Å². The lowest BCUT2D eigenvalue weighted by atomic mass is 9.96. The lowest BCUT2D eigenvalue weighted by molar-refractivity contribution is -0.126. The minimum atomic E-state index is -0.140. The summed E-state index contributed by atoms with van der Waals surface area (Å²) in [6, 6.07) is 7.77. The molecule has 1 heterocycles. The van der Waals surface area contributed by atoms with E-state index in [0.29, 0.717) is 31.7 Å². The van der Waals surface area contributed by atoms with Gasteiger partial charge in [-0.3, -0.25) is 9.59 Å². The van der Waals surface area contributed by atoms with E-state index < -0.39 is 0 Å². The second kappa shape index (κ2) is 10.2. The van der Waals surface area contributed by atoms with Crippen LogP contribution < -0.4 is 16.0 Å². The van der Waals surface area contributed by atoms with Gasteiger partial charge in [0.2, 0.25) is 5.91 Å². The highest BCUT2D eigenvalue weighted by Gasteiger charge is 2.28. The summed E-state index contributed by atoms with van der Waals surface area (Å²) >= 11 is 0. The predicted molar refractivity (Wildman–Crippen MR) is 105 cm³/mol. The van der Waals surface area contributed by atoms with Crippen molar-refractivity contribution in [1.29, 1.82) is 0 Å². The summed E-state index contributed by atoms with van der Waals surface area (Å²) in [4.78, 5) is 29.0. The highest BCUT2D eigenvalue weighted by Crippen LogP contribution is 2.20. The molecule has 0 aromatic heterocycles. The Morgan fingerprint density at radius 2 is 2.04 bits per heavy atom. The molecule has 2 amide bonds. The fourth-order valence-corrected chi connectivity index (χ4v) is 3.28. The number of hydrogen-bond acceptors (Lipinski definition) is 4. The van der Waals surface area contributed by atoms with Gasteiger partial charge in [0, 0.05) is 51.0 Å². The summed E-state index contributed by atoms with van der Waals surface area (Å²) in [5.74, 6) is -0.136. The lowest BCUT2D eigenvalue weighted by Gasteiger charge is -2.32. The number of carbonyl (C=O) groups is 2. The molecule has 6 nitrogen and oxygen atoms in total. The zero-order valence-electron chi connectivity index (χ0n) is 16.0. The van der Waals surface area contributed by atoms with Crippen molar-refractivity contribution in [3.8, 4) is 0 Å². The van der Waals surface area contributed by atoms with Crippen LogP contribution in [0.15, 0.2) is 24.3 Å². The molecule has 1 saturated heterocycles. The molecule has 1 aromatic carbocycles. The Hall–Kier alpha value is -2.08. The van der Waals surface area contributed by atoms with Crippen LogP contribution in [-0.4, -0.2) is 56.5 Å². The van der Waals surface area contributed by atoms with Crippen molar-refractivity contribution in [3.05, 3.63) is 29.8 Å². The number of carbonyl (C=O) groups excluding carboxylic acids is 2. The molecular weight excluding hydrogens is 328 g/mol. The number of benzene rings is 1. The molecule has 1 unspecified atom stereocenters. The first-order chi connectivity index (χ1) is 12.6. The van der Waals surface area contributed by atoms with Crippen molar-refractivity contribution in [1.82, 2.24) is 10.2 Å². The van der Waals surface area contributed by atoms with Gasteiger partial charge in [0.1, 0.15) is 0 Å². The van der Waals surface area contributed by atoms with Gasteiger partial charge in [0.25, 0.3) is 5.91 Å². The van der Waals surface area contributed by atoms with E-state index in [1.807, 2.05) is 24.3 Å². The molecule has 26 heavy (non-hydrogen) atoms. The molecule has 2 rings (SSSR count). The number of nitrogens with one attached hydrogen (secondary N) is 1. The SMILES string of the molecule is CCCCN(C)c1ccc(C(=O)N2CCCC(C(=O)NCCN)C2)cc1. The van der Waals surface area contributed by atoms with E-state index in [4.69, 9.17) is 5.73 Å². The zero-order valence-corrected chi connectivity index (χ0v) is 16.0. The van der Waals surface area contributed by atoms with Crippen molar-refractivity contribution >= 4 is 17.5 Å². The monoisotopic (exact) mass is 360 g/mol. The zero-order chi connectivity index (χ0) is 18.9. The van der Waals surface area contributed by atoms with Gasteiger partial charge >= 0.3 is 0 Å². The summed E-state index contributed by atoms with van der Waals surface area (Å²) in [7, 11) is 2.07. The summed E-state index contributed by atoms with van der Waals surface area (Å²) in [6.45, 7) is 5.29. The summed E-state index contributed by atoms with van der Waals surface area (Å²) in [6.07, 6.45) is 3.99. The van der Waals surface area contributed by atoms with E-state index in [0.717, 1.165) is 37.9 Å². The van der Waals surface area contributed by atoms with Gasteiger partial charge in [-0.25, -0.2) is 0 Å². The van der Waals surface area contributed by atoms with Gasteiger partial charge in [-0.1, -0.05) is 13.3 Å². The van der Waals surface area contributed by atoms with Gasteiger partial charge in [-0.15, -0.1) is 0 Å². The third-order valence-electron chi connectivity index (χ3n) is 4.93. The molecule has 1 fully saturated rings. The van der Waals surface area contributed by atoms with Crippen molar-refractivity contribution in [2.24, 2.45) is 11.7 Å². The Morgan fingerprint density at radius 3 is 2.69 bits per heavy atom. The van der Waals surface area contributed by atoms with Crippen LogP contribution in [0.3, 0.4) is 0 Å². The first-order valence-electron chi connectivity index (χ1n) is 9.65. The highest BCUT2D eigenvalue weighted by atomic mass is 16.2. The maximum absolute atomic E-state index is 12.8. The maximum atomic E-state index is 12.8. The first kappa shape index (κ1) is 20.2. The molecule has 0 aliphatic carbocycles. The normalized spacial score (nSPS) is 17.0. The second-order valence-electron chi connectivity index (χ2n) is 6.99. The topological polar surface area (TPSA) is 78.7 Å². The maximum Gasteiger partial charge on any atom is 0.253 e. The third-order valence-corrected chi connectivity index (χ3v) is 4.93. The first-order valence-corrected chi connectivity index (χ1v) is 9.65. The number of likely N-dealkylation sites (tertiary alicyclic amines) is 1. The molecule has 0 saturated carbocycles. The Kier molecular flexibility index (Phi) is 7.91. The average molecular weight is 361 g/mol. The molecular formula is C20H32N4O2. The van der Waals surface area contributed by atoms with E-state index >= 15 is 0 Å². The van der Waals surface area contributed by atoms with Crippen LogP contribution in [0.5, 0.6) is 0 Å². The number of hydrogen-bond donors (Lipinski definition) is 2. The van der Waals surface area contributed by atoms with Crippen LogP contribution in [0.1, 0.15) is 43.0 Å². The fourth-order valence-electron chi connectivity index (χ4n) is 3.28. The van der Waals surface area contributed by atoms with Gasteiger partial charge < -0.3 is 20.9 Å². The largest absolute Gasteiger partial charge is 0.375 e. The van der Waals surface area contributed by atoms with E-state index in [9.17, 15) is 9.59 Å². The van der Waals surface area contributed by atoms with Crippen LogP contribution in [0, 0.1) is 5.92 Å². The smallest absolute Gasteiger partial charge is 0.253 e. The standard InChI is InChI=1S/C20H32N4O2/c1-3-4-13-23(2)18-9-7-16(8-10-18)20(26)24-14-5-6-17(15-24)19(25)22-12-11-21/h7-10,17H,3-6,11-15,21H2,1-2H3,(H,22,25). The third kappa shape index (κ3) is 5.46. The Bertz CT molecular complexity index is 588. The number of rotatable bonds is 8. The number of amides is 2. The molecule has 6 heteroatoms. The number of unbranched alkanes of at least 4 members (excludes halogenated alkanes) is 1. The molecule has 0 radical (unpaired) electrons. The number of anilines is 1. The average Bonchev–Trinajstić information content (AvgIpc) is 2.69. The number of piperidine rings is 1. The molecule has 1 atom stereocenters. The Morgan fingerprint density at radius 1 is 1.31 bits per heavy atom. The molecule has 0 spiro atoms. The molecule has 3 N–H and O–H groups in total. The molecule has 1 aromatic rings. The van der Waals surface area contributed by atoms with Crippen molar-refractivity contribution < 1.29 is 9.59 Å². The van der Waals surface area contributed by atoms with Crippen LogP contribution in [0.25, 0.3) is 0 Å². The molecule has 0 bridgehead atoms. The summed E-state index contributed by atoms with van der Waals surface area (Å²) in [5, 5.41) is 2.83.